The van der Waals surface area contributed by atoms with E-state index in [1.165, 1.54) is 19.0 Å². The Hall–Kier alpha value is -0.100. The van der Waals surface area contributed by atoms with Crippen LogP contribution in [0, 0.1) is 5.92 Å². The van der Waals surface area contributed by atoms with E-state index in [0.717, 1.165) is 24.6 Å². The summed E-state index contributed by atoms with van der Waals surface area (Å²) in [5.74, 6) is 1.66. The summed E-state index contributed by atoms with van der Waals surface area (Å²) in [4.78, 5) is 4.77. The molecule has 104 valence electrons. The van der Waals surface area contributed by atoms with Crippen LogP contribution in [0.1, 0.15) is 53.9 Å². The summed E-state index contributed by atoms with van der Waals surface area (Å²) in [7, 11) is 0.144. The Labute approximate surface area is 113 Å². The Kier molecular flexibility index (Phi) is 4.36. The minimum absolute atomic E-state index is 0.144. The maximum Gasteiger partial charge on any atom is 0.184 e. The molecule has 2 rings (SSSR count). The van der Waals surface area contributed by atoms with E-state index in [1.807, 2.05) is 0 Å². The first kappa shape index (κ1) is 14.3. The van der Waals surface area contributed by atoms with Crippen molar-refractivity contribution in [2.45, 2.75) is 70.7 Å². The van der Waals surface area contributed by atoms with Gasteiger partial charge in [0.2, 0.25) is 0 Å². The standard InChI is InChI=1S/C15H28NOP/c1-11(2)13-10-17-14(16-13)9-12-7-6-8-18(12)15(3,4)5/h11-13H,6-10H2,1-5H3/t12-,13-,18-/m1/s1. The molecule has 0 N–H and O–H groups in total. The van der Waals surface area contributed by atoms with Gasteiger partial charge in [-0.25, -0.2) is 4.99 Å². The zero-order valence-electron chi connectivity index (χ0n) is 12.6. The lowest BCUT2D eigenvalue weighted by Crippen LogP contribution is -2.20. The van der Waals surface area contributed by atoms with E-state index in [0.29, 0.717) is 17.1 Å². The van der Waals surface area contributed by atoms with Crippen LogP contribution in [0.25, 0.3) is 0 Å². The SMILES string of the molecule is CC(C)[C@H]1COC(C[C@H]2CCC[P@@]2C(C)(C)C)=N1. The molecular formula is C15H28NOP. The highest BCUT2D eigenvalue weighted by Crippen LogP contribution is 2.60. The first-order valence-corrected chi connectivity index (χ1v) is 8.94. The van der Waals surface area contributed by atoms with Crippen LogP contribution in [0.4, 0.5) is 0 Å². The van der Waals surface area contributed by atoms with E-state index >= 15 is 0 Å². The Balaban J connectivity index is 1.96. The fourth-order valence-electron chi connectivity index (χ4n) is 3.03. The van der Waals surface area contributed by atoms with Crippen LogP contribution in [0.15, 0.2) is 4.99 Å². The third-order valence-electron chi connectivity index (χ3n) is 4.15. The quantitative estimate of drug-likeness (QED) is 0.701. The molecule has 3 atom stereocenters. The van der Waals surface area contributed by atoms with Crippen LogP contribution in [0.5, 0.6) is 0 Å². The van der Waals surface area contributed by atoms with Crippen molar-refractivity contribution >= 4 is 13.8 Å². The van der Waals surface area contributed by atoms with Crippen molar-refractivity contribution in [3.63, 3.8) is 0 Å². The summed E-state index contributed by atoms with van der Waals surface area (Å²) in [6.07, 6.45) is 5.35. The van der Waals surface area contributed by atoms with Gasteiger partial charge in [0, 0.05) is 6.42 Å². The second-order valence-electron chi connectivity index (χ2n) is 7.01. The minimum atomic E-state index is 0.144. The molecule has 3 heteroatoms. The number of ether oxygens (including phenoxy) is 1. The van der Waals surface area contributed by atoms with Gasteiger partial charge >= 0.3 is 0 Å². The van der Waals surface area contributed by atoms with Crippen molar-refractivity contribution in [2.75, 3.05) is 12.8 Å². The Morgan fingerprint density at radius 2 is 2.11 bits per heavy atom. The summed E-state index contributed by atoms with van der Waals surface area (Å²) in [5.41, 5.74) is 0.852. The molecule has 1 fully saturated rings. The fourth-order valence-corrected chi connectivity index (χ4v) is 6.55. The summed E-state index contributed by atoms with van der Waals surface area (Å²) >= 11 is 0. The van der Waals surface area contributed by atoms with E-state index in [9.17, 15) is 0 Å². The molecule has 0 amide bonds. The average Bonchev–Trinajstić information content (AvgIpc) is 2.85. The van der Waals surface area contributed by atoms with Crippen molar-refractivity contribution in [1.82, 2.24) is 0 Å². The number of nitrogens with zero attached hydrogens (tertiary/aromatic N) is 1. The minimum Gasteiger partial charge on any atom is -0.479 e. The number of rotatable bonds is 3. The third kappa shape index (κ3) is 3.26. The van der Waals surface area contributed by atoms with Crippen molar-refractivity contribution in [3.8, 4) is 0 Å². The molecule has 0 saturated carbocycles. The van der Waals surface area contributed by atoms with Crippen molar-refractivity contribution in [1.29, 1.82) is 0 Å². The molecule has 0 aromatic rings. The average molecular weight is 269 g/mol. The molecule has 2 aliphatic rings. The molecule has 0 radical (unpaired) electrons. The number of aliphatic imine (C=N–C) groups is 1. The lowest BCUT2D eigenvalue weighted by Gasteiger charge is -2.32. The molecular weight excluding hydrogens is 241 g/mol. The fraction of sp³-hybridized carbons (Fsp3) is 0.933. The molecule has 0 bridgehead atoms. The van der Waals surface area contributed by atoms with Crippen LogP contribution in [-0.2, 0) is 4.74 Å². The zero-order chi connectivity index (χ0) is 13.3. The molecule has 2 heterocycles. The molecule has 0 unspecified atom stereocenters. The van der Waals surface area contributed by atoms with Gasteiger partial charge in [0.25, 0.3) is 0 Å². The first-order valence-electron chi connectivity index (χ1n) is 7.34. The van der Waals surface area contributed by atoms with Gasteiger partial charge in [-0.15, -0.1) is 0 Å². The lowest BCUT2D eigenvalue weighted by molar-refractivity contribution is 0.285. The van der Waals surface area contributed by atoms with Crippen LogP contribution in [0.3, 0.4) is 0 Å². The second-order valence-corrected chi connectivity index (χ2v) is 10.5. The molecule has 0 aromatic carbocycles. The largest absolute Gasteiger partial charge is 0.479 e. The summed E-state index contributed by atoms with van der Waals surface area (Å²) in [6.45, 7) is 12.5. The van der Waals surface area contributed by atoms with E-state index in [-0.39, 0.29) is 7.92 Å². The molecule has 1 saturated heterocycles. The van der Waals surface area contributed by atoms with E-state index in [1.54, 1.807) is 0 Å². The maximum absolute atomic E-state index is 5.81. The molecule has 0 spiro atoms. The molecule has 0 aromatic heterocycles. The van der Waals surface area contributed by atoms with Crippen molar-refractivity contribution in [2.24, 2.45) is 10.9 Å². The van der Waals surface area contributed by atoms with Gasteiger partial charge in [-0.05, 0) is 35.7 Å². The normalized spacial score (nSPS) is 32.8. The van der Waals surface area contributed by atoms with Gasteiger partial charge in [-0.2, -0.15) is 0 Å². The Morgan fingerprint density at radius 1 is 1.39 bits per heavy atom. The van der Waals surface area contributed by atoms with Crippen LogP contribution in [0.2, 0.25) is 0 Å². The lowest BCUT2D eigenvalue weighted by atomic mass is 10.1. The van der Waals surface area contributed by atoms with Crippen LogP contribution in [-0.4, -0.2) is 35.5 Å². The Morgan fingerprint density at radius 3 is 2.67 bits per heavy atom. The topological polar surface area (TPSA) is 21.6 Å². The van der Waals surface area contributed by atoms with Crippen molar-refractivity contribution < 1.29 is 4.74 Å². The van der Waals surface area contributed by atoms with Gasteiger partial charge in [0.15, 0.2) is 5.90 Å². The molecule has 0 aliphatic carbocycles. The number of hydrogen-bond acceptors (Lipinski definition) is 2. The van der Waals surface area contributed by atoms with Gasteiger partial charge in [-0.1, -0.05) is 42.5 Å². The first-order chi connectivity index (χ1) is 8.38. The van der Waals surface area contributed by atoms with Gasteiger partial charge in [0.05, 0.1) is 6.04 Å². The van der Waals surface area contributed by atoms with Crippen LogP contribution < -0.4 is 0 Å². The van der Waals surface area contributed by atoms with Gasteiger partial charge < -0.3 is 4.74 Å². The zero-order valence-corrected chi connectivity index (χ0v) is 13.5. The third-order valence-corrected chi connectivity index (χ3v) is 7.99. The van der Waals surface area contributed by atoms with Gasteiger partial charge in [-0.3, -0.25) is 0 Å². The second kappa shape index (κ2) is 5.49. The van der Waals surface area contributed by atoms with Crippen LogP contribution >= 0.6 is 7.92 Å². The van der Waals surface area contributed by atoms with Gasteiger partial charge in [0.1, 0.15) is 6.61 Å². The Bertz CT molecular complexity index is 319. The predicted molar refractivity (Wildman–Crippen MR) is 81.2 cm³/mol. The molecule has 2 nitrogen and oxygen atoms in total. The molecule has 18 heavy (non-hydrogen) atoms. The number of hydrogen-bond donors (Lipinski definition) is 0. The highest BCUT2D eigenvalue weighted by molar-refractivity contribution is 7.60. The summed E-state index contributed by atoms with van der Waals surface area (Å²) < 4.78 is 5.81. The van der Waals surface area contributed by atoms with E-state index in [4.69, 9.17) is 9.73 Å². The van der Waals surface area contributed by atoms with E-state index < -0.39 is 0 Å². The monoisotopic (exact) mass is 269 g/mol. The van der Waals surface area contributed by atoms with E-state index in [2.05, 4.69) is 34.6 Å². The predicted octanol–water partition coefficient (Wildman–Crippen LogP) is 4.27. The smallest absolute Gasteiger partial charge is 0.184 e. The highest BCUT2D eigenvalue weighted by Gasteiger charge is 2.37. The maximum atomic E-state index is 5.81. The molecule has 2 aliphatic heterocycles. The van der Waals surface area contributed by atoms with Crippen molar-refractivity contribution in [3.05, 3.63) is 0 Å². The summed E-state index contributed by atoms with van der Waals surface area (Å²) in [5, 5.41) is 0.493. The highest BCUT2D eigenvalue weighted by atomic mass is 31.1. The summed E-state index contributed by atoms with van der Waals surface area (Å²) in [6, 6.07) is 0.405.